The number of hydrogen-bond acceptors (Lipinski definition) is 4. The summed E-state index contributed by atoms with van der Waals surface area (Å²) in [6, 6.07) is 3.92. The van der Waals surface area contributed by atoms with Crippen LogP contribution < -0.4 is 4.74 Å². The molecular weight excluding hydrogens is 264 g/mol. The lowest BCUT2D eigenvalue weighted by molar-refractivity contribution is 0.0939. The third kappa shape index (κ3) is 4.05. The van der Waals surface area contributed by atoms with Crippen molar-refractivity contribution in [1.29, 1.82) is 0 Å². The number of benzene rings is 1. The van der Waals surface area contributed by atoms with Gasteiger partial charge in [-0.1, -0.05) is 0 Å². The SMILES string of the molecule is COc1cc(C)c(C)cc1C(=O)CCN1CCN(C)CC1. The Morgan fingerprint density at radius 1 is 1.14 bits per heavy atom. The molecule has 0 saturated carbocycles. The molecule has 0 atom stereocenters. The average Bonchev–Trinajstić information content (AvgIpc) is 2.48. The molecule has 0 unspecified atom stereocenters. The van der Waals surface area contributed by atoms with Gasteiger partial charge in [0.15, 0.2) is 5.78 Å². The molecule has 1 aromatic carbocycles. The van der Waals surface area contributed by atoms with Crippen molar-refractivity contribution in [2.75, 3.05) is 46.9 Å². The number of aryl methyl sites for hydroxylation is 2. The first-order valence-electron chi connectivity index (χ1n) is 7.60. The van der Waals surface area contributed by atoms with Crippen molar-refractivity contribution >= 4 is 5.78 Å². The second-order valence-electron chi connectivity index (χ2n) is 5.95. The van der Waals surface area contributed by atoms with Crippen LogP contribution in [0.25, 0.3) is 0 Å². The van der Waals surface area contributed by atoms with Crippen LogP contribution >= 0.6 is 0 Å². The van der Waals surface area contributed by atoms with E-state index in [0.717, 1.165) is 49.4 Å². The minimum Gasteiger partial charge on any atom is -0.496 e. The summed E-state index contributed by atoms with van der Waals surface area (Å²) in [4.78, 5) is 17.2. The van der Waals surface area contributed by atoms with Gasteiger partial charge >= 0.3 is 0 Å². The molecule has 4 heteroatoms. The number of carbonyl (C=O) groups is 1. The van der Waals surface area contributed by atoms with E-state index >= 15 is 0 Å². The summed E-state index contributed by atoms with van der Waals surface area (Å²) in [6.45, 7) is 9.18. The maximum atomic E-state index is 12.5. The highest BCUT2D eigenvalue weighted by atomic mass is 16.5. The molecule has 0 radical (unpaired) electrons. The predicted molar refractivity (Wildman–Crippen MR) is 85.4 cm³/mol. The fourth-order valence-electron chi connectivity index (χ4n) is 2.64. The first kappa shape index (κ1) is 16.0. The molecule has 1 fully saturated rings. The minimum atomic E-state index is 0.175. The Kier molecular flexibility index (Phi) is 5.37. The highest BCUT2D eigenvalue weighted by molar-refractivity contribution is 5.99. The lowest BCUT2D eigenvalue weighted by Crippen LogP contribution is -2.45. The first-order valence-corrected chi connectivity index (χ1v) is 7.60. The van der Waals surface area contributed by atoms with Crippen LogP contribution in [0.3, 0.4) is 0 Å². The largest absolute Gasteiger partial charge is 0.496 e. The molecule has 21 heavy (non-hydrogen) atoms. The van der Waals surface area contributed by atoms with Crippen molar-refractivity contribution in [3.63, 3.8) is 0 Å². The van der Waals surface area contributed by atoms with Crippen molar-refractivity contribution < 1.29 is 9.53 Å². The molecule has 1 aliphatic heterocycles. The van der Waals surface area contributed by atoms with Gasteiger partial charge in [0, 0.05) is 39.1 Å². The second-order valence-corrected chi connectivity index (χ2v) is 5.95. The van der Waals surface area contributed by atoms with E-state index in [-0.39, 0.29) is 5.78 Å². The van der Waals surface area contributed by atoms with Gasteiger partial charge in [-0.25, -0.2) is 0 Å². The van der Waals surface area contributed by atoms with Crippen LogP contribution in [0, 0.1) is 13.8 Å². The number of ether oxygens (including phenoxy) is 1. The Hall–Kier alpha value is -1.39. The molecular formula is C17H26N2O2. The maximum Gasteiger partial charge on any atom is 0.167 e. The van der Waals surface area contributed by atoms with E-state index in [2.05, 4.69) is 16.8 Å². The Balaban J connectivity index is 1.98. The van der Waals surface area contributed by atoms with Crippen LogP contribution in [0.1, 0.15) is 27.9 Å². The van der Waals surface area contributed by atoms with Gasteiger partial charge in [0.25, 0.3) is 0 Å². The normalized spacial score (nSPS) is 17.0. The minimum absolute atomic E-state index is 0.175. The van der Waals surface area contributed by atoms with E-state index in [4.69, 9.17) is 4.74 Å². The quantitative estimate of drug-likeness (QED) is 0.778. The topological polar surface area (TPSA) is 32.8 Å². The maximum absolute atomic E-state index is 12.5. The predicted octanol–water partition coefficient (Wildman–Crippen LogP) is 2.13. The van der Waals surface area contributed by atoms with Gasteiger partial charge in [-0.3, -0.25) is 4.79 Å². The third-order valence-corrected chi connectivity index (χ3v) is 4.37. The van der Waals surface area contributed by atoms with Gasteiger partial charge in [0.05, 0.1) is 12.7 Å². The molecule has 0 N–H and O–H groups in total. The summed E-state index contributed by atoms with van der Waals surface area (Å²) >= 11 is 0. The van der Waals surface area contributed by atoms with Gasteiger partial charge in [0.1, 0.15) is 5.75 Å². The van der Waals surface area contributed by atoms with Crippen molar-refractivity contribution in [1.82, 2.24) is 9.80 Å². The molecule has 1 aromatic rings. The zero-order valence-electron chi connectivity index (χ0n) is 13.6. The summed E-state index contributed by atoms with van der Waals surface area (Å²) in [7, 11) is 3.77. The lowest BCUT2D eigenvalue weighted by Gasteiger charge is -2.32. The van der Waals surface area contributed by atoms with E-state index in [1.165, 1.54) is 0 Å². The van der Waals surface area contributed by atoms with E-state index in [1.807, 2.05) is 26.0 Å². The fourth-order valence-corrected chi connectivity index (χ4v) is 2.64. The Bertz CT molecular complexity index is 506. The molecule has 2 rings (SSSR count). The van der Waals surface area contributed by atoms with Crippen LogP contribution in [0.15, 0.2) is 12.1 Å². The zero-order chi connectivity index (χ0) is 15.4. The standard InChI is InChI=1S/C17H26N2O2/c1-13-11-15(17(21-4)12-14(13)2)16(20)5-6-19-9-7-18(3)8-10-19/h11-12H,5-10H2,1-4H3. The number of ketones is 1. The summed E-state index contributed by atoms with van der Waals surface area (Å²) in [5.74, 6) is 0.871. The number of methoxy groups -OCH3 is 1. The Labute approximate surface area is 127 Å². The van der Waals surface area contributed by atoms with Crippen LogP contribution in [0.2, 0.25) is 0 Å². The van der Waals surface area contributed by atoms with Crippen LogP contribution in [0.4, 0.5) is 0 Å². The number of carbonyl (C=O) groups excluding carboxylic acids is 1. The van der Waals surface area contributed by atoms with Crippen molar-refractivity contribution in [3.8, 4) is 5.75 Å². The zero-order valence-corrected chi connectivity index (χ0v) is 13.6. The Morgan fingerprint density at radius 3 is 2.38 bits per heavy atom. The van der Waals surface area contributed by atoms with E-state index < -0.39 is 0 Å². The number of rotatable bonds is 5. The van der Waals surface area contributed by atoms with Crippen LogP contribution in [0.5, 0.6) is 5.75 Å². The number of likely N-dealkylation sites (N-methyl/N-ethyl adjacent to an activating group) is 1. The highest BCUT2D eigenvalue weighted by Gasteiger charge is 2.17. The molecule has 0 amide bonds. The van der Waals surface area contributed by atoms with Crippen molar-refractivity contribution in [2.45, 2.75) is 20.3 Å². The molecule has 0 bridgehead atoms. The number of Topliss-reactive ketones (excluding diaryl/α,β-unsaturated/α-hetero) is 1. The third-order valence-electron chi connectivity index (χ3n) is 4.37. The van der Waals surface area contributed by atoms with Crippen molar-refractivity contribution in [3.05, 3.63) is 28.8 Å². The van der Waals surface area contributed by atoms with Gasteiger partial charge in [-0.15, -0.1) is 0 Å². The summed E-state index contributed by atoms with van der Waals surface area (Å²) < 4.78 is 5.37. The fraction of sp³-hybridized carbons (Fsp3) is 0.588. The average molecular weight is 290 g/mol. The molecule has 116 valence electrons. The van der Waals surface area contributed by atoms with Gasteiger partial charge in [-0.05, 0) is 44.2 Å². The van der Waals surface area contributed by atoms with Crippen LogP contribution in [-0.4, -0.2) is 62.5 Å². The monoisotopic (exact) mass is 290 g/mol. The number of nitrogens with zero attached hydrogens (tertiary/aromatic N) is 2. The van der Waals surface area contributed by atoms with Crippen LogP contribution in [-0.2, 0) is 0 Å². The summed E-state index contributed by atoms with van der Waals surface area (Å²) in [6.07, 6.45) is 0.558. The molecule has 1 saturated heterocycles. The molecule has 0 spiro atoms. The molecule has 1 heterocycles. The van der Waals surface area contributed by atoms with E-state index in [0.29, 0.717) is 12.2 Å². The second kappa shape index (κ2) is 7.05. The smallest absolute Gasteiger partial charge is 0.167 e. The Morgan fingerprint density at radius 2 is 1.76 bits per heavy atom. The van der Waals surface area contributed by atoms with Gasteiger partial charge in [0.2, 0.25) is 0 Å². The highest BCUT2D eigenvalue weighted by Crippen LogP contribution is 2.24. The van der Waals surface area contributed by atoms with Crippen molar-refractivity contribution in [2.24, 2.45) is 0 Å². The van der Waals surface area contributed by atoms with E-state index in [9.17, 15) is 4.79 Å². The molecule has 0 aromatic heterocycles. The molecule has 4 nitrogen and oxygen atoms in total. The van der Waals surface area contributed by atoms with Gasteiger partial charge in [-0.2, -0.15) is 0 Å². The lowest BCUT2D eigenvalue weighted by atomic mass is 10.0. The summed E-state index contributed by atoms with van der Waals surface area (Å²) in [5, 5.41) is 0. The molecule has 1 aliphatic rings. The van der Waals surface area contributed by atoms with E-state index in [1.54, 1.807) is 7.11 Å². The van der Waals surface area contributed by atoms with Gasteiger partial charge < -0.3 is 14.5 Å². The number of hydrogen-bond donors (Lipinski definition) is 0. The molecule has 0 aliphatic carbocycles. The first-order chi connectivity index (χ1) is 10.0. The number of piperazine rings is 1. The summed E-state index contributed by atoms with van der Waals surface area (Å²) in [5.41, 5.74) is 3.01.